The summed E-state index contributed by atoms with van der Waals surface area (Å²) in [4.78, 5) is 0. The first-order chi connectivity index (χ1) is 4.83. The van der Waals surface area contributed by atoms with E-state index in [-0.39, 0.29) is 50.4 Å². The van der Waals surface area contributed by atoms with Crippen LogP contribution in [-0.2, 0) is 22.4 Å². The van der Waals surface area contributed by atoms with E-state index in [1.165, 1.54) is 0 Å². The maximum absolute atomic E-state index is 7.57. The minimum absolute atomic E-state index is 0. The summed E-state index contributed by atoms with van der Waals surface area (Å²) in [5, 5.41) is 15.1. The van der Waals surface area contributed by atoms with Crippen molar-refractivity contribution in [3.63, 3.8) is 0 Å². The van der Waals surface area contributed by atoms with E-state index < -0.39 is 0 Å². The Balaban J connectivity index is -0.00000000698. The van der Waals surface area contributed by atoms with E-state index in [0.717, 1.165) is 0 Å². The van der Waals surface area contributed by atoms with Gasteiger partial charge in [0, 0.05) is 35.6 Å². The fraction of sp³-hybridized carbons (Fsp3) is 0.600. The Morgan fingerprint density at radius 1 is 0.769 bits per heavy atom. The van der Waals surface area contributed by atoms with Gasteiger partial charge in [-0.15, -0.1) is 0 Å². The van der Waals surface area contributed by atoms with Crippen molar-refractivity contribution >= 4 is 0 Å². The first-order valence-corrected chi connectivity index (χ1v) is 3.46. The summed E-state index contributed by atoms with van der Waals surface area (Å²) in [5.74, 6) is 0. The van der Waals surface area contributed by atoms with Crippen LogP contribution < -0.4 is 0 Å². The van der Waals surface area contributed by atoms with E-state index in [9.17, 15) is 0 Å². The van der Waals surface area contributed by atoms with Crippen molar-refractivity contribution in [2.45, 2.75) is 27.7 Å². The third-order valence-corrected chi connectivity index (χ3v) is 0. The molecule has 0 aliphatic heterocycles. The summed E-state index contributed by atoms with van der Waals surface area (Å²) in [6.07, 6.45) is 0. The SMILES string of the molecule is CCO.CCO.[CH2-]C.[CH2-]C.[CH3-].[CH3-].[Ta]. The molecule has 0 spiro atoms. The quantitative estimate of drug-likeness (QED) is 0.651. The van der Waals surface area contributed by atoms with Gasteiger partial charge in [-0.05, 0) is 13.8 Å². The second kappa shape index (κ2) is 243. The van der Waals surface area contributed by atoms with Gasteiger partial charge in [0.25, 0.3) is 0 Å². The van der Waals surface area contributed by atoms with E-state index in [2.05, 4.69) is 13.8 Å². The molecule has 2 N–H and O–H groups in total. The minimum Gasteiger partial charge on any atom is -0.397 e. The van der Waals surface area contributed by atoms with Crippen LogP contribution in [0.3, 0.4) is 0 Å². The maximum Gasteiger partial charge on any atom is 0.0402 e. The topological polar surface area (TPSA) is 40.5 Å². The molecular formula is C10H28O2Ta-4. The number of hydrogen-bond acceptors (Lipinski definition) is 2. The van der Waals surface area contributed by atoms with Crippen molar-refractivity contribution in [2.75, 3.05) is 13.2 Å². The van der Waals surface area contributed by atoms with Crippen LogP contribution >= 0.6 is 0 Å². The number of rotatable bonds is 0. The van der Waals surface area contributed by atoms with Crippen LogP contribution in [0.15, 0.2) is 0 Å². The Labute approximate surface area is 102 Å². The Bertz CT molecular complexity index is 14.9. The van der Waals surface area contributed by atoms with Gasteiger partial charge in [0.05, 0.1) is 0 Å². The van der Waals surface area contributed by atoms with Crippen molar-refractivity contribution in [1.82, 2.24) is 0 Å². The molecule has 0 aliphatic carbocycles. The Morgan fingerprint density at radius 2 is 0.769 bits per heavy atom. The Hall–Kier alpha value is 0.660. The molecule has 1 radical (unpaired) electrons. The molecule has 0 aromatic rings. The van der Waals surface area contributed by atoms with E-state index in [4.69, 9.17) is 10.2 Å². The normalized spacial score (nSPS) is 3.69. The van der Waals surface area contributed by atoms with Gasteiger partial charge in [-0.2, -0.15) is 13.8 Å². The predicted molar refractivity (Wildman–Crippen MR) is 60.4 cm³/mol. The fourth-order valence-electron chi connectivity index (χ4n) is 0. The molecule has 0 saturated carbocycles. The van der Waals surface area contributed by atoms with Crippen LogP contribution in [0.4, 0.5) is 0 Å². The van der Waals surface area contributed by atoms with Crippen LogP contribution in [0.25, 0.3) is 0 Å². The first-order valence-electron chi connectivity index (χ1n) is 3.46. The molecule has 2 nitrogen and oxygen atoms in total. The van der Waals surface area contributed by atoms with Gasteiger partial charge in [0.15, 0.2) is 0 Å². The molecule has 0 heterocycles. The summed E-state index contributed by atoms with van der Waals surface area (Å²) in [6.45, 7) is 13.9. The molecule has 0 unspecified atom stereocenters. The molecule has 13 heavy (non-hydrogen) atoms. The summed E-state index contributed by atoms with van der Waals surface area (Å²) < 4.78 is 0. The summed E-state index contributed by atoms with van der Waals surface area (Å²) in [5.41, 5.74) is 0. The Kier molecular flexibility index (Phi) is 923. The van der Waals surface area contributed by atoms with Crippen molar-refractivity contribution in [1.29, 1.82) is 0 Å². The third kappa shape index (κ3) is 3300. The molecule has 0 bridgehead atoms. The molecule has 0 saturated heterocycles. The zero-order valence-corrected chi connectivity index (χ0v) is 13.4. The van der Waals surface area contributed by atoms with Gasteiger partial charge in [-0.25, -0.2) is 0 Å². The fourth-order valence-corrected chi connectivity index (χ4v) is 0. The van der Waals surface area contributed by atoms with Crippen LogP contribution in [-0.4, -0.2) is 23.4 Å². The summed E-state index contributed by atoms with van der Waals surface area (Å²) in [6, 6.07) is 0. The molecule has 0 atom stereocenters. The largest absolute Gasteiger partial charge is 0.397 e. The van der Waals surface area contributed by atoms with Gasteiger partial charge in [-0.1, -0.05) is 0 Å². The van der Waals surface area contributed by atoms with Crippen molar-refractivity contribution in [3.05, 3.63) is 28.7 Å². The summed E-state index contributed by atoms with van der Waals surface area (Å²) in [7, 11) is 0. The van der Waals surface area contributed by atoms with Crippen LogP contribution in [0, 0.1) is 28.7 Å². The predicted octanol–water partition coefficient (Wildman–Crippen LogP) is 2.58. The summed E-state index contributed by atoms with van der Waals surface area (Å²) >= 11 is 0. The van der Waals surface area contributed by atoms with Gasteiger partial charge in [0.2, 0.25) is 0 Å². The minimum atomic E-state index is 0. The van der Waals surface area contributed by atoms with Crippen molar-refractivity contribution in [2.24, 2.45) is 0 Å². The van der Waals surface area contributed by atoms with Gasteiger partial charge in [-0.3, -0.25) is 0 Å². The Morgan fingerprint density at radius 3 is 0.769 bits per heavy atom. The average molecular weight is 361 g/mol. The number of aliphatic hydroxyl groups is 2. The molecule has 0 amide bonds. The molecule has 0 aromatic heterocycles. The van der Waals surface area contributed by atoms with Gasteiger partial charge < -0.3 is 38.9 Å². The van der Waals surface area contributed by atoms with E-state index in [1.54, 1.807) is 27.7 Å². The zero-order chi connectivity index (χ0) is 9.41. The molecular weight excluding hydrogens is 333 g/mol. The van der Waals surface area contributed by atoms with Gasteiger partial charge >= 0.3 is 0 Å². The standard InChI is InChI=1S/2C2H6O.2C2H5.2CH3.Ta/c2*1-2-3;2*1-2;;;/h2*3H,2H2,1H3;2*1H2,2H3;2*1H3;/q;;4*-1;. The van der Waals surface area contributed by atoms with Crippen LogP contribution in [0.5, 0.6) is 0 Å². The smallest absolute Gasteiger partial charge is 0.0402 e. The monoisotopic (exact) mass is 361 g/mol. The molecule has 89 valence electrons. The van der Waals surface area contributed by atoms with E-state index in [0.29, 0.717) is 0 Å². The van der Waals surface area contributed by atoms with E-state index in [1.807, 2.05) is 0 Å². The number of hydrogen-bond donors (Lipinski definition) is 2. The van der Waals surface area contributed by atoms with Crippen molar-refractivity contribution < 1.29 is 32.6 Å². The molecule has 0 fully saturated rings. The number of aliphatic hydroxyl groups excluding tert-OH is 2. The molecule has 0 rings (SSSR count). The molecule has 3 heteroatoms. The molecule has 0 aromatic carbocycles. The molecule has 0 aliphatic rings. The van der Waals surface area contributed by atoms with Gasteiger partial charge in [0.1, 0.15) is 0 Å². The van der Waals surface area contributed by atoms with Crippen LogP contribution in [0.1, 0.15) is 27.7 Å². The average Bonchev–Trinajstić information content (AvgIpc) is 1.99. The third-order valence-electron chi connectivity index (χ3n) is 0. The zero-order valence-electron chi connectivity index (χ0n) is 10.2. The maximum atomic E-state index is 7.57. The second-order valence-electron chi connectivity index (χ2n) is 0.632. The van der Waals surface area contributed by atoms with E-state index >= 15 is 0 Å². The first kappa shape index (κ1) is 49.4. The van der Waals surface area contributed by atoms with Crippen molar-refractivity contribution in [3.8, 4) is 0 Å². The van der Waals surface area contributed by atoms with Crippen LogP contribution in [0.2, 0.25) is 0 Å². The second-order valence-corrected chi connectivity index (χ2v) is 0.632.